The van der Waals surface area contributed by atoms with E-state index >= 15 is 0 Å². The lowest BCUT2D eigenvalue weighted by molar-refractivity contribution is -0.161. The van der Waals surface area contributed by atoms with Crippen molar-refractivity contribution in [3.63, 3.8) is 0 Å². The van der Waals surface area contributed by atoms with Gasteiger partial charge in [-0.15, -0.1) is 0 Å². The van der Waals surface area contributed by atoms with Crippen molar-refractivity contribution in [1.29, 1.82) is 0 Å². The van der Waals surface area contributed by atoms with Gasteiger partial charge in [0.25, 0.3) is 5.91 Å². The molecule has 0 radical (unpaired) electrons. The van der Waals surface area contributed by atoms with Crippen LogP contribution < -0.4 is 5.32 Å². The van der Waals surface area contributed by atoms with Crippen LogP contribution in [-0.4, -0.2) is 41.9 Å². The summed E-state index contributed by atoms with van der Waals surface area (Å²) in [6, 6.07) is 7.89. The number of likely N-dealkylation sites (tertiary alicyclic amines) is 1. The first kappa shape index (κ1) is 21.9. The van der Waals surface area contributed by atoms with Gasteiger partial charge in [0.1, 0.15) is 0 Å². The first-order chi connectivity index (χ1) is 13.1. The molecule has 28 heavy (non-hydrogen) atoms. The summed E-state index contributed by atoms with van der Waals surface area (Å²) in [6.07, 6.45) is 0.295. The zero-order valence-electron chi connectivity index (χ0n) is 17.6. The molecule has 1 aromatic carbocycles. The van der Waals surface area contributed by atoms with E-state index in [4.69, 9.17) is 4.74 Å². The fraction of sp³-hybridized carbons (Fsp3) is 0.591. The van der Waals surface area contributed by atoms with E-state index in [0.29, 0.717) is 32.5 Å². The van der Waals surface area contributed by atoms with E-state index in [1.165, 1.54) is 0 Å². The van der Waals surface area contributed by atoms with E-state index in [1.807, 2.05) is 56.9 Å². The molecule has 1 aliphatic rings. The highest BCUT2D eigenvalue weighted by Gasteiger charge is 2.33. The normalized spacial score (nSPS) is 16.4. The molecule has 0 saturated carbocycles. The number of carbonyl (C=O) groups is 3. The van der Waals surface area contributed by atoms with Crippen molar-refractivity contribution in [2.45, 2.75) is 60.1 Å². The van der Waals surface area contributed by atoms with Crippen LogP contribution in [-0.2, 0) is 25.7 Å². The van der Waals surface area contributed by atoms with Crippen LogP contribution >= 0.6 is 0 Å². The predicted molar refractivity (Wildman–Crippen MR) is 107 cm³/mol. The Kier molecular flexibility index (Phi) is 7.22. The molecule has 6 heteroatoms. The second kappa shape index (κ2) is 9.22. The van der Waals surface area contributed by atoms with E-state index in [1.54, 1.807) is 6.92 Å². The van der Waals surface area contributed by atoms with E-state index in [2.05, 4.69) is 5.32 Å². The standard InChI is InChI=1S/C22H32N2O4/c1-15-6-8-17(9-7-15)14-23-19(25)16(2)28-20(26)18-10-12-24(13-11-18)21(27)22(3,4)5/h6-9,16,18H,10-14H2,1-5H3,(H,23,25)/t16-/m1/s1. The van der Waals surface area contributed by atoms with Gasteiger partial charge >= 0.3 is 5.97 Å². The van der Waals surface area contributed by atoms with Gasteiger partial charge < -0.3 is 15.0 Å². The minimum Gasteiger partial charge on any atom is -0.452 e. The average Bonchev–Trinajstić information content (AvgIpc) is 2.66. The maximum atomic E-state index is 12.4. The number of benzene rings is 1. The number of rotatable bonds is 5. The van der Waals surface area contributed by atoms with Gasteiger partial charge in [-0.2, -0.15) is 0 Å². The van der Waals surface area contributed by atoms with Crippen LogP contribution in [0.3, 0.4) is 0 Å². The summed E-state index contributed by atoms with van der Waals surface area (Å²) in [4.78, 5) is 38.7. The average molecular weight is 389 g/mol. The second-order valence-electron chi connectivity index (χ2n) is 8.60. The molecule has 1 atom stereocenters. The van der Waals surface area contributed by atoms with Gasteiger partial charge in [-0.1, -0.05) is 50.6 Å². The lowest BCUT2D eigenvalue weighted by atomic mass is 9.91. The third-order valence-corrected chi connectivity index (χ3v) is 5.01. The van der Waals surface area contributed by atoms with Crippen molar-refractivity contribution in [3.05, 3.63) is 35.4 Å². The number of hydrogen-bond acceptors (Lipinski definition) is 4. The molecule has 1 fully saturated rings. The Hall–Kier alpha value is -2.37. The monoisotopic (exact) mass is 388 g/mol. The van der Waals surface area contributed by atoms with Crippen LogP contribution in [0.4, 0.5) is 0 Å². The summed E-state index contributed by atoms with van der Waals surface area (Å²) in [6.45, 7) is 10.8. The Bertz CT molecular complexity index is 698. The van der Waals surface area contributed by atoms with E-state index in [0.717, 1.165) is 11.1 Å². The lowest BCUT2D eigenvalue weighted by Gasteiger charge is -2.35. The van der Waals surface area contributed by atoms with Crippen molar-refractivity contribution in [2.75, 3.05) is 13.1 Å². The summed E-state index contributed by atoms with van der Waals surface area (Å²) in [7, 11) is 0. The maximum absolute atomic E-state index is 12.4. The molecule has 0 unspecified atom stereocenters. The van der Waals surface area contributed by atoms with Gasteiger partial charge in [0.2, 0.25) is 5.91 Å². The van der Waals surface area contributed by atoms with Crippen LogP contribution in [0, 0.1) is 18.3 Å². The van der Waals surface area contributed by atoms with Crippen molar-refractivity contribution >= 4 is 17.8 Å². The Balaban J connectivity index is 1.77. The zero-order chi connectivity index (χ0) is 20.9. The number of esters is 1. The highest BCUT2D eigenvalue weighted by molar-refractivity contribution is 5.84. The molecule has 1 saturated heterocycles. The molecule has 0 aromatic heterocycles. The van der Waals surface area contributed by atoms with Crippen LogP contribution in [0.15, 0.2) is 24.3 Å². The minimum atomic E-state index is -0.841. The molecule has 6 nitrogen and oxygen atoms in total. The van der Waals surface area contributed by atoms with Gasteiger partial charge in [-0.3, -0.25) is 14.4 Å². The predicted octanol–water partition coefficient (Wildman–Crippen LogP) is 2.83. The van der Waals surface area contributed by atoms with Crippen LogP contribution in [0.25, 0.3) is 0 Å². The highest BCUT2D eigenvalue weighted by atomic mass is 16.5. The maximum Gasteiger partial charge on any atom is 0.309 e. The quantitative estimate of drug-likeness (QED) is 0.787. The molecule has 1 N–H and O–H groups in total. The number of nitrogens with one attached hydrogen (secondary N) is 1. The van der Waals surface area contributed by atoms with E-state index in [9.17, 15) is 14.4 Å². The van der Waals surface area contributed by atoms with E-state index in [-0.39, 0.29) is 23.7 Å². The molecule has 2 amide bonds. The third-order valence-electron chi connectivity index (χ3n) is 5.01. The Morgan fingerprint density at radius 1 is 1.14 bits per heavy atom. The summed E-state index contributed by atoms with van der Waals surface area (Å²) < 4.78 is 5.37. The number of amides is 2. The molecular formula is C22H32N2O4. The summed E-state index contributed by atoms with van der Waals surface area (Å²) in [5.41, 5.74) is 1.73. The number of hydrogen-bond donors (Lipinski definition) is 1. The summed E-state index contributed by atoms with van der Waals surface area (Å²) in [5, 5.41) is 2.80. The van der Waals surface area contributed by atoms with Crippen LogP contribution in [0.1, 0.15) is 51.7 Å². The third kappa shape index (κ3) is 6.08. The molecule has 0 bridgehead atoms. The molecule has 1 aliphatic heterocycles. The molecule has 154 valence electrons. The molecule has 0 aliphatic carbocycles. The number of piperidine rings is 1. The second-order valence-corrected chi connectivity index (χ2v) is 8.60. The van der Waals surface area contributed by atoms with Gasteiger partial charge in [-0.05, 0) is 32.3 Å². The minimum absolute atomic E-state index is 0.100. The number of ether oxygens (including phenoxy) is 1. The SMILES string of the molecule is Cc1ccc(CNC(=O)[C@@H](C)OC(=O)C2CCN(C(=O)C(C)(C)C)CC2)cc1. The van der Waals surface area contributed by atoms with Crippen molar-refractivity contribution < 1.29 is 19.1 Å². The van der Waals surface area contributed by atoms with Gasteiger partial charge in [0.05, 0.1) is 5.92 Å². The highest BCUT2D eigenvalue weighted by Crippen LogP contribution is 2.24. The summed E-state index contributed by atoms with van der Waals surface area (Å²) >= 11 is 0. The molecule has 1 heterocycles. The largest absolute Gasteiger partial charge is 0.452 e. The first-order valence-corrected chi connectivity index (χ1v) is 9.91. The summed E-state index contributed by atoms with van der Waals surface area (Å²) in [5.74, 6) is -0.838. The topological polar surface area (TPSA) is 75.7 Å². The smallest absolute Gasteiger partial charge is 0.309 e. The Morgan fingerprint density at radius 2 is 1.71 bits per heavy atom. The zero-order valence-corrected chi connectivity index (χ0v) is 17.6. The first-order valence-electron chi connectivity index (χ1n) is 9.91. The number of aryl methyl sites for hydroxylation is 1. The van der Waals surface area contributed by atoms with Crippen LogP contribution in [0.5, 0.6) is 0 Å². The van der Waals surface area contributed by atoms with Gasteiger partial charge in [-0.25, -0.2) is 0 Å². The van der Waals surface area contributed by atoms with Crippen molar-refractivity contribution in [3.8, 4) is 0 Å². The van der Waals surface area contributed by atoms with Gasteiger partial charge in [0.15, 0.2) is 6.10 Å². The fourth-order valence-electron chi connectivity index (χ4n) is 3.16. The van der Waals surface area contributed by atoms with Gasteiger partial charge in [0, 0.05) is 25.0 Å². The lowest BCUT2D eigenvalue weighted by Crippen LogP contribution is -2.46. The number of carbonyl (C=O) groups excluding carboxylic acids is 3. The fourth-order valence-corrected chi connectivity index (χ4v) is 3.16. The molecule has 2 rings (SSSR count). The number of nitrogens with zero attached hydrogens (tertiary/aromatic N) is 1. The van der Waals surface area contributed by atoms with Crippen molar-refractivity contribution in [2.24, 2.45) is 11.3 Å². The van der Waals surface area contributed by atoms with Crippen molar-refractivity contribution in [1.82, 2.24) is 10.2 Å². The van der Waals surface area contributed by atoms with Crippen LogP contribution in [0.2, 0.25) is 0 Å². The Morgan fingerprint density at radius 3 is 2.25 bits per heavy atom. The molecular weight excluding hydrogens is 356 g/mol. The molecule has 1 aromatic rings. The molecule has 0 spiro atoms. The van der Waals surface area contributed by atoms with E-state index < -0.39 is 11.5 Å². The Labute approximate surface area is 167 Å².